The predicted molar refractivity (Wildman–Crippen MR) is 85.7 cm³/mol. The third-order valence-corrected chi connectivity index (χ3v) is 6.41. The first kappa shape index (κ1) is 15.4. The maximum absolute atomic E-state index is 13.6. The topological polar surface area (TPSA) is 12.5 Å². The Morgan fingerprint density at radius 1 is 1.00 bits per heavy atom. The number of methoxy groups -OCH3 is 1. The molecule has 0 aromatic heterocycles. The van der Waals surface area contributed by atoms with Crippen molar-refractivity contribution < 1.29 is 13.5 Å². The number of hydrogen-bond acceptors (Lipinski definition) is 2. The Hall–Kier alpha value is -1.16. The average Bonchev–Trinajstić information content (AvgIpc) is 3.20. The molecule has 1 heterocycles. The van der Waals surface area contributed by atoms with Crippen molar-refractivity contribution in [2.45, 2.75) is 50.5 Å². The number of hydrogen-bond donors (Lipinski definition) is 0. The van der Waals surface area contributed by atoms with Gasteiger partial charge in [0.2, 0.25) is 0 Å². The second-order valence-electron chi connectivity index (χ2n) is 7.56. The number of nitrogens with zero attached hydrogens (tertiary/aromatic N) is 1. The van der Waals surface area contributed by atoms with E-state index in [1.165, 1.54) is 44.9 Å². The van der Waals surface area contributed by atoms with Gasteiger partial charge in [-0.3, -0.25) is 0 Å². The number of fused-ring (bicyclic) bond motifs is 2. The van der Waals surface area contributed by atoms with Gasteiger partial charge in [-0.2, -0.15) is 0 Å². The molecule has 3 fully saturated rings. The van der Waals surface area contributed by atoms with Crippen molar-refractivity contribution in [2.75, 3.05) is 20.2 Å². The van der Waals surface area contributed by atoms with Crippen LogP contribution in [-0.2, 0) is 0 Å². The minimum atomic E-state index is -0.829. The summed E-state index contributed by atoms with van der Waals surface area (Å²) >= 11 is 0. The van der Waals surface area contributed by atoms with Crippen LogP contribution in [0.25, 0.3) is 0 Å². The van der Waals surface area contributed by atoms with Gasteiger partial charge < -0.3 is 9.64 Å². The Bertz CT molecular complexity index is 583. The zero-order valence-electron chi connectivity index (χ0n) is 13.7. The molecule has 2 bridgehead atoms. The molecule has 2 nitrogen and oxygen atoms in total. The molecule has 3 atom stereocenters. The summed E-state index contributed by atoms with van der Waals surface area (Å²) in [6.45, 7) is 2.14. The fraction of sp³-hybridized carbons (Fsp3) is 0.684. The largest absolute Gasteiger partial charge is 0.496 e. The zero-order valence-corrected chi connectivity index (χ0v) is 13.7. The fourth-order valence-electron chi connectivity index (χ4n) is 5.24. The van der Waals surface area contributed by atoms with Crippen LogP contribution in [-0.4, -0.2) is 31.1 Å². The molecule has 1 aliphatic heterocycles. The van der Waals surface area contributed by atoms with Gasteiger partial charge in [-0.05, 0) is 69.0 Å². The highest BCUT2D eigenvalue weighted by molar-refractivity contribution is 5.38. The van der Waals surface area contributed by atoms with Crippen LogP contribution in [0.1, 0.15) is 50.0 Å². The molecule has 0 amide bonds. The summed E-state index contributed by atoms with van der Waals surface area (Å²) in [6.07, 6.45) is 7.67. The average molecular weight is 321 g/mol. The summed E-state index contributed by atoms with van der Waals surface area (Å²) in [5.74, 6) is 1.04. The summed E-state index contributed by atoms with van der Waals surface area (Å²) in [5, 5.41) is 0. The van der Waals surface area contributed by atoms with Crippen molar-refractivity contribution in [3.63, 3.8) is 0 Å². The Morgan fingerprint density at radius 2 is 1.74 bits per heavy atom. The van der Waals surface area contributed by atoms with Gasteiger partial charge in [0.25, 0.3) is 0 Å². The summed E-state index contributed by atoms with van der Waals surface area (Å²) in [7, 11) is 1.53. The molecule has 4 rings (SSSR count). The first-order valence-electron chi connectivity index (χ1n) is 8.92. The number of halogens is 2. The smallest absolute Gasteiger partial charge is 0.162 e. The molecule has 1 aromatic carbocycles. The van der Waals surface area contributed by atoms with E-state index in [0.717, 1.165) is 49.4 Å². The third-order valence-electron chi connectivity index (χ3n) is 6.41. The Morgan fingerprint density at radius 3 is 2.35 bits per heavy atom. The van der Waals surface area contributed by atoms with Crippen LogP contribution >= 0.6 is 0 Å². The van der Waals surface area contributed by atoms with E-state index >= 15 is 0 Å². The van der Waals surface area contributed by atoms with Crippen LogP contribution in [0.4, 0.5) is 8.78 Å². The molecular formula is C19H25F2NO. The minimum absolute atomic E-state index is 0.273. The number of rotatable bonds is 3. The third kappa shape index (κ3) is 2.75. The Kier molecular flexibility index (Phi) is 4.04. The first-order valence-corrected chi connectivity index (χ1v) is 8.92. The minimum Gasteiger partial charge on any atom is -0.496 e. The highest BCUT2D eigenvalue weighted by Crippen LogP contribution is 2.48. The van der Waals surface area contributed by atoms with Gasteiger partial charge in [-0.15, -0.1) is 0 Å². The lowest BCUT2D eigenvalue weighted by Crippen LogP contribution is -2.43. The van der Waals surface area contributed by atoms with Crippen molar-refractivity contribution in [1.29, 1.82) is 0 Å². The van der Waals surface area contributed by atoms with E-state index in [9.17, 15) is 8.78 Å². The van der Waals surface area contributed by atoms with Crippen molar-refractivity contribution in [2.24, 2.45) is 11.8 Å². The lowest BCUT2D eigenvalue weighted by atomic mass is 9.86. The molecule has 4 heteroatoms. The van der Waals surface area contributed by atoms with E-state index in [1.54, 1.807) is 0 Å². The zero-order chi connectivity index (χ0) is 16.0. The van der Waals surface area contributed by atoms with Crippen molar-refractivity contribution in [1.82, 2.24) is 4.90 Å². The molecule has 126 valence electrons. The second-order valence-corrected chi connectivity index (χ2v) is 7.56. The van der Waals surface area contributed by atoms with E-state index in [1.807, 2.05) is 0 Å². The van der Waals surface area contributed by atoms with Gasteiger partial charge in [-0.1, -0.05) is 6.42 Å². The van der Waals surface area contributed by atoms with Gasteiger partial charge >= 0.3 is 0 Å². The molecule has 1 aromatic rings. The van der Waals surface area contributed by atoms with Crippen molar-refractivity contribution in [3.8, 4) is 5.75 Å². The quantitative estimate of drug-likeness (QED) is 0.821. The van der Waals surface area contributed by atoms with Crippen LogP contribution in [0.3, 0.4) is 0 Å². The lowest BCUT2D eigenvalue weighted by molar-refractivity contribution is 0.110. The Balaban J connectivity index is 1.44. The van der Waals surface area contributed by atoms with Gasteiger partial charge in [0.15, 0.2) is 11.6 Å². The predicted octanol–water partition coefficient (Wildman–Crippen LogP) is 4.34. The van der Waals surface area contributed by atoms with Gasteiger partial charge in [0.05, 0.1) is 7.11 Å². The normalized spacial score (nSPS) is 31.7. The Labute approximate surface area is 136 Å². The molecule has 23 heavy (non-hydrogen) atoms. The number of piperidine rings is 1. The molecule has 0 spiro atoms. The SMILES string of the molecule is COc1cc(F)c(F)cc1C1CCN([C@H]2C[C@H]3CC[C@H]2C3)CC1. The van der Waals surface area contributed by atoms with Gasteiger partial charge in [0, 0.05) is 17.7 Å². The van der Waals surface area contributed by atoms with Crippen LogP contribution in [0.5, 0.6) is 5.75 Å². The van der Waals surface area contributed by atoms with Crippen molar-refractivity contribution in [3.05, 3.63) is 29.3 Å². The van der Waals surface area contributed by atoms with Gasteiger partial charge in [-0.25, -0.2) is 8.78 Å². The maximum atomic E-state index is 13.6. The summed E-state index contributed by atoms with van der Waals surface area (Å²) < 4.78 is 32.3. The number of likely N-dealkylation sites (tertiary alicyclic amines) is 1. The van der Waals surface area contributed by atoms with E-state index < -0.39 is 11.6 Å². The summed E-state index contributed by atoms with van der Waals surface area (Å²) in [4.78, 5) is 2.66. The van der Waals surface area contributed by atoms with Crippen LogP contribution in [0.15, 0.2) is 12.1 Å². The molecule has 0 unspecified atom stereocenters. The van der Waals surface area contributed by atoms with Crippen molar-refractivity contribution >= 4 is 0 Å². The second kappa shape index (κ2) is 6.04. The summed E-state index contributed by atoms with van der Waals surface area (Å²) in [5.41, 5.74) is 0.832. The number of benzene rings is 1. The van der Waals surface area contributed by atoms with Crippen LogP contribution in [0.2, 0.25) is 0 Å². The van der Waals surface area contributed by atoms with E-state index in [0.29, 0.717) is 5.75 Å². The molecule has 2 aliphatic carbocycles. The van der Waals surface area contributed by atoms with E-state index in [4.69, 9.17) is 4.74 Å². The summed E-state index contributed by atoms with van der Waals surface area (Å²) in [6, 6.07) is 3.31. The molecule has 1 saturated heterocycles. The molecule has 3 aliphatic rings. The maximum Gasteiger partial charge on any atom is 0.162 e. The monoisotopic (exact) mass is 321 g/mol. The van der Waals surface area contributed by atoms with Gasteiger partial charge in [0.1, 0.15) is 5.75 Å². The van der Waals surface area contributed by atoms with E-state index in [-0.39, 0.29) is 5.92 Å². The number of ether oxygens (including phenoxy) is 1. The highest BCUT2D eigenvalue weighted by Gasteiger charge is 2.43. The van der Waals surface area contributed by atoms with E-state index in [2.05, 4.69) is 4.90 Å². The highest BCUT2D eigenvalue weighted by atomic mass is 19.2. The molecular weight excluding hydrogens is 296 g/mol. The first-order chi connectivity index (χ1) is 11.2. The molecule has 2 saturated carbocycles. The lowest BCUT2D eigenvalue weighted by Gasteiger charge is -2.40. The molecule has 0 radical (unpaired) electrons. The molecule has 0 N–H and O–H groups in total. The fourth-order valence-corrected chi connectivity index (χ4v) is 5.24. The van der Waals surface area contributed by atoms with Crippen LogP contribution < -0.4 is 4.74 Å². The van der Waals surface area contributed by atoms with Crippen LogP contribution in [0, 0.1) is 23.5 Å². The standard InChI is InChI=1S/C19H25F2NO/c1-23-19-11-17(21)16(20)10-15(19)13-4-6-22(7-5-13)18-9-12-2-3-14(18)8-12/h10-14,18H,2-9H2,1H3/t12-,14-,18-/m0/s1.